The lowest BCUT2D eigenvalue weighted by Gasteiger charge is -2.16. The fourth-order valence-corrected chi connectivity index (χ4v) is 3.49. The fraction of sp³-hybridized carbons (Fsp3) is 0.500. The van der Waals surface area contributed by atoms with E-state index in [4.69, 9.17) is 4.74 Å². The second-order valence-corrected chi connectivity index (χ2v) is 6.48. The molecule has 4 nitrogen and oxygen atoms in total. The maximum atomic E-state index is 13.6. The Labute approximate surface area is 106 Å². The normalized spacial score (nSPS) is 22.1. The molecule has 2 rings (SSSR count). The predicted molar refractivity (Wildman–Crippen MR) is 65.5 cm³/mol. The number of sulfonamides is 1. The molecular formula is C12H16FNO3S. The van der Waals surface area contributed by atoms with Crippen LogP contribution in [0, 0.1) is 11.7 Å². The smallest absolute Gasteiger partial charge is 0.247 e. The second-order valence-electron chi connectivity index (χ2n) is 4.83. The molecule has 0 unspecified atom stereocenters. The van der Waals surface area contributed by atoms with Gasteiger partial charge in [0.05, 0.1) is 6.04 Å². The molecule has 0 aromatic heterocycles. The zero-order chi connectivity index (χ0) is 13.3. The molecule has 0 bridgehead atoms. The van der Waals surface area contributed by atoms with Crippen LogP contribution in [0.5, 0.6) is 5.75 Å². The molecule has 1 aromatic rings. The molecule has 1 aliphatic rings. The van der Waals surface area contributed by atoms with Crippen molar-refractivity contribution in [2.24, 2.45) is 5.92 Å². The van der Waals surface area contributed by atoms with Gasteiger partial charge in [-0.1, -0.05) is 19.9 Å². The maximum absolute atomic E-state index is 13.6. The van der Waals surface area contributed by atoms with E-state index in [0.717, 1.165) is 6.07 Å². The van der Waals surface area contributed by atoms with Crippen molar-refractivity contribution in [1.82, 2.24) is 4.72 Å². The van der Waals surface area contributed by atoms with E-state index in [1.165, 1.54) is 12.1 Å². The number of fused-ring (bicyclic) bond motifs is 1. The number of nitrogens with one attached hydrogen (secondary N) is 1. The number of benzene rings is 1. The van der Waals surface area contributed by atoms with Gasteiger partial charge in [-0.05, 0) is 24.5 Å². The van der Waals surface area contributed by atoms with Crippen LogP contribution in [0.15, 0.2) is 23.1 Å². The van der Waals surface area contributed by atoms with Gasteiger partial charge in [-0.2, -0.15) is 0 Å². The van der Waals surface area contributed by atoms with E-state index in [1.54, 1.807) is 0 Å². The quantitative estimate of drug-likeness (QED) is 0.895. The Morgan fingerprint density at radius 3 is 2.89 bits per heavy atom. The van der Waals surface area contributed by atoms with E-state index >= 15 is 0 Å². The van der Waals surface area contributed by atoms with Crippen LogP contribution in [-0.4, -0.2) is 21.1 Å². The molecule has 18 heavy (non-hydrogen) atoms. The highest BCUT2D eigenvalue weighted by Gasteiger charge is 2.31. The third kappa shape index (κ3) is 2.64. The third-order valence-electron chi connectivity index (χ3n) is 2.72. The van der Waals surface area contributed by atoms with Crippen molar-refractivity contribution < 1.29 is 17.5 Å². The monoisotopic (exact) mass is 273 g/mol. The molecule has 0 saturated heterocycles. The summed E-state index contributed by atoms with van der Waals surface area (Å²) in [5.41, 5.74) is 0. The molecule has 1 aromatic carbocycles. The Morgan fingerprint density at radius 2 is 2.22 bits per heavy atom. The van der Waals surface area contributed by atoms with E-state index in [1.807, 2.05) is 13.8 Å². The molecule has 1 aliphatic heterocycles. The Morgan fingerprint density at radius 1 is 1.50 bits per heavy atom. The highest BCUT2D eigenvalue weighted by Crippen LogP contribution is 2.29. The molecule has 1 atom stereocenters. The summed E-state index contributed by atoms with van der Waals surface area (Å²) in [5.74, 6) is -0.383. The van der Waals surface area contributed by atoms with Crippen LogP contribution in [0.3, 0.4) is 0 Å². The largest absolute Gasteiger partial charge is 0.490 e. The third-order valence-corrected chi connectivity index (χ3v) is 4.29. The van der Waals surface area contributed by atoms with E-state index < -0.39 is 20.7 Å². The summed E-state index contributed by atoms with van der Waals surface area (Å²) in [6.45, 7) is 4.20. The standard InChI is InChI=1S/C12H16FNO3S/c1-8(2)6-9-7-17-11-5-3-4-10(13)12(11)18(15,16)14-9/h3-5,8-9,14H,6-7H2,1-2H3/t9-/m0/s1. The van der Waals surface area contributed by atoms with Crippen LogP contribution in [0.25, 0.3) is 0 Å². The Hall–Kier alpha value is -1.14. The zero-order valence-electron chi connectivity index (χ0n) is 10.3. The predicted octanol–water partition coefficient (Wildman–Crippen LogP) is 1.91. The van der Waals surface area contributed by atoms with Crippen LogP contribution in [0.2, 0.25) is 0 Å². The molecule has 1 N–H and O–H groups in total. The minimum atomic E-state index is -3.85. The van der Waals surface area contributed by atoms with Gasteiger partial charge >= 0.3 is 0 Å². The second kappa shape index (κ2) is 4.85. The molecule has 6 heteroatoms. The molecule has 0 spiro atoms. The molecule has 0 saturated carbocycles. The molecule has 0 amide bonds. The number of ether oxygens (including phenoxy) is 1. The van der Waals surface area contributed by atoms with Gasteiger partial charge in [0.2, 0.25) is 10.0 Å². The highest BCUT2D eigenvalue weighted by molar-refractivity contribution is 7.89. The summed E-state index contributed by atoms with van der Waals surface area (Å²) in [4.78, 5) is -0.392. The maximum Gasteiger partial charge on any atom is 0.247 e. The summed E-state index contributed by atoms with van der Waals surface area (Å²) >= 11 is 0. The lowest BCUT2D eigenvalue weighted by atomic mass is 10.1. The number of rotatable bonds is 2. The van der Waals surface area contributed by atoms with Gasteiger partial charge in [0.1, 0.15) is 18.2 Å². The lowest BCUT2D eigenvalue weighted by molar-refractivity contribution is 0.261. The molecule has 1 heterocycles. The molecular weight excluding hydrogens is 257 g/mol. The average molecular weight is 273 g/mol. The first-order valence-electron chi connectivity index (χ1n) is 5.84. The lowest BCUT2D eigenvalue weighted by Crippen LogP contribution is -2.37. The van der Waals surface area contributed by atoms with E-state index in [9.17, 15) is 12.8 Å². The molecule has 0 aliphatic carbocycles. The van der Waals surface area contributed by atoms with Crippen LogP contribution in [0.1, 0.15) is 20.3 Å². The summed E-state index contributed by atoms with van der Waals surface area (Å²) in [6.07, 6.45) is 0.648. The first-order valence-corrected chi connectivity index (χ1v) is 7.32. The van der Waals surface area contributed by atoms with Crippen LogP contribution >= 0.6 is 0 Å². The highest BCUT2D eigenvalue weighted by atomic mass is 32.2. The van der Waals surface area contributed by atoms with Crippen molar-refractivity contribution in [2.45, 2.75) is 31.2 Å². The Bertz CT molecular complexity index is 542. The Balaban J connectivity index is 2.39. The van der Waals surface area contributed by atoms with E-state index in [0.29, 0.717) is 12.3 Å². The van der Waals surface area contributed by atoms with Crippen molar-refractivity contribution >= 4 is 10.0 Å². The zero-order valence-corrected chi connectivity index (χ0v) is 11.1. The van der Waals surface area contributed by atoms with Gasteiger partial charge in [-0.3, -0.25) is 0 Å². The van der Waals surface area contributed by atoms with Crippen molar-refractivity contribution in [1.29, 1.82) is 0 Å². The van der Waals surface area contributed by atoms with Crippen LogP contribution < -0.4 is 9.46 Å². The molecule has 0 radical (unpaired) electrons. The topological polar surface area (TPSA) is 55.4 Å². The van der Waals surface area contributed by atoms with Crippen molar-refractivity contribution in [3.8, 4) is 5.75 Å². The fourth-order valence-electron chi connectivity index (χ4n) is 2.05. The van der Waals surface area contributed by atoms with E-state index in [-0.39, 0.29) is 18.4 Å². The van der Waals surface area contributed by atoms with E-state index in [2.05, 4.69) is 4.72 Å². The van der Waals surface area contributed by atoms with Gasteiger partial charge in [-0.15, -0.1) is 0 Å². The average Bonchev–Trinajstić information content (AvgIpc) is 2.35. The van der Waals surface area contributed by atoms with Crippen LogP contribution in [0.4, 0.5) is 4.39 Å². The SMILES string of the molecule is CC(C)C[C@H]1COc2cccc(F)c2S(=O)(=O)N1. The summed E-state index contributed by atoms with van der Waals surface area (Å²) in [5, 5.41) is 0. The van der Waals surface area contributed by atoms with Gasteiger partial charge < -0.3 is 4.74 Å². The van der Waals surface area contributed by atoms with Crippen molar-refractivity contribution in [3.05, 3.63) is 24.0 Å². The Kier molecular flexibility index (Phi) is 3.59. The van der Waals surface area contributed by atoms with Crippen molar-refractivity contribution in [2.75, 3.05) is 6.61 Å². The first kappa shape index (κ1) is 13.3. The van der Waals surface area contributed by atoms with Crippen molar-refractivity contribution in [3.63, 3.8) is 0 Å². The van der Waals surface area contributed by atoms with Gasteiger partial charge in [0, 0.05) is 0 Å². The number of hydrogen-bond donors (Lipinski definition) is 1. The number of hydrogen-bond acceptors (Lipinski definition) is 3. The minimum Gasteiger partial charge on any atom is -0.490 e. The first-order chi connectivity index (χ1) is 8.40. The minimum absolute atomic E-state index is 0.0776. The molecule has 100 valence electrons. The summed E-state index contributed by atoms with van der Waals surface area (Å²) in [6, 6.07) is 3.69. The van der Waals surface area contributed by atoms with Gasteiger partial charge in [0.15, 0.2) is 4.90 Å². The van der Waals surface area contributed by atoms with Gasteiger partial charge in [0.25, 0.3) is 0 Å². The molecule has 0 fully saturated rings. The van der Waals surface area contributed by atoms with Gasteiger partial charge in [-0.25, -0.2) is 17.5 Å². The number of halogens is 1. The summed E-state index contributed by atoms with van der Waals surface area (Å²) < 4.78 is 45.7. The summed E-state index contributed by atoms with van der Waals surface area (Å²) in [7, 11) is -3.85. The van der Waals surface area contributed by atoms with Crippen LogP contribution in [-0.2, 0) is 10.0 Å².